The third kappa shape index (κ3) is 3.27. The summed E-state index contributed by atoms with van der Waals surface area (Å²) < 4.78 is 6.11. The third-order valence-electron chi connectivity index (χ3n) is 7.41. The molecule has 1 aliphatic heterocycles. The highest BCUT2D eigenvalue weighted by Gasteiger charge is 2.54. The van der Waals surface area contributed by atoms with Gasteiger partial charge in [-0.25, -0.2) is 5.01 Å². The number of hydrogen-bond donors (Lipinski definition) is 0. The summed E-state index contributed by atoms with van der Waals surface area (Å²) in [6.07, 6.45) is 8.58. The fourth-order valence-corrected chi connectivity index (χ4v) is 7.16. The number of hydrazone groups is 1. The van der Waals surface area contributed by atoms with Crippen LogP contribution in [-0.2, 0) is 10.2 Å². The predicted octanol–water partition coefficient (Wildman–Crippen LogP) is 4.27. The zero-order chi connectivity index (χ0) is 20.1. The maximum Gasteiger partial charge on any atom is 0.277 e. The first-order valence-electron chi connectivity index (χ1n) is 11.1. The zero-order valence-electron chi connectivity index (χ0n) is 17.0. The summed E-state index contributed by atoms with van der Waals surface area (Å²) in [5.74, 6) is 3.60. The summed E-state index contributed by atoms with van der Waals surface area (Å²) in [7, 11) is 0. The van der Waals surface area contributed by atoms with Gasteiger partial charge in [-0.15, -0.1) is 10.2 Å². The molecule has 1 aromatic heterocycles. The van der Waals surface area contributed by atoms with Crippen LogP contribution in [0, 0.1) is 17.8 Å². The van der Waals surface area contributed by atoms with Gasteiger partial charge in [0.25, 0.3) is 11.1 Å². The molecule has 156 valence electrons. The van der Waals surface area contributed by atoms with Crippen LogP contribution in [0.25, 0.3) is 0 Å². The summed E-state index contributed by atoms with van der Waals surface area (Å²) in [5.41, 5.74) is 2.16. The predicted molar refractivity (Wildman–Crippen MR) is 114 cm³/mol. The van der Waals surface area contributed by atoms with Gasteiger partial charge in [0.1, 0.15) is 0 Å². The standard InChI is InChI=1S/C23H26N4O2S/c28-20(27-7-6-19(26-27)18-4-2-1-3-5-18)14-30-22-25-24-21(29-22)23-11-15-8-16(12-23)10-17(9-15)13-23/h1-5,15-17H,6-14H2. The Morgan fingerprint density at radius 1 is 1.07 bits per heavy atom. The van der Waals surface area contributed by atoms with Crippen molar-refractivity contribution in [3.05, 3.63) is 41.8 Å². The van der Waals surface area contributed by atoms with E-state index in [1.807, 2.05) is 30.3 Å². The average molecular weight is 423 g/mol. The molecule has 0 N–H and O–H groups in total. The second-order valence-electron chi connectivity index (χ2n) is 9.54. The van der Waals surface area contributed by atoms with Crippen molar-refractivity contribution in [2.24, 2.45) is 22.9 Å². The lowest BCUT2D eigenvalue weighted by atomic mass is 9.49. The number of carbonyl (C=O) groups is 1. The number of hydrogen-bond acceptors (Lipinski definition) is 6. The van der Waals surface area contributed by atoms with E-state index < -0.39 is 0 Å². The lowest BCUT2D eigenvalue weighted by molar-refractivity contribution is -0.127. The Bertz CT molecular complexity index is 951. The molecule has 6 nitrogen and oxygen atoms in total. The van der Waals surface area contributed by atoms with Gasteiger partial charge in [-0.3, -0.25) is 4.79 Å². The normalized spacial score (nSPS) is 31.9. The average Bonchev–Trinajstić information content (AvgIpc) is 3.42. The van der Waals surface area contributed by atoms with Gasteiger partial charge in [-0.1, -0.05) is 42.1 Å². The lowest BCUT2D eigenvalue weighted by Gasteiger charge is -2.55. The summed E-state index contributed by atoms with van der Waals surface area (Å²) >= 11 is 1.34. The van der Waals surface area contributed by atoms with Gasteiger partial charge >= 0.3 is 0 Å². The van der Waals surface area contributed by atoms with Crippen molar-refractivity contribution in [3.63, 3.8) is 0 Å². The van der Waals surface area contributed by atoms with E-state index in [4.69, 9.17) is 4.42 Å². The van der Waals surface area contributed by atoms with Crippen LogP contribution in [0.15, 0.2) is 45.1 Å². The number of amides is 1. The summed E-state index contributed by atoms with van der Waals surface area (Å²) in [6.45, 7) is 0.631. The van der Waals surface area contributed by atoms with Crippen LogP contribution < -0.4 is 0 Å². The second-order valence-corrected chi connectivity index (χ2v) is 10.5. The fourth-order valence-electron chi connectivity index (χ4n) is 6.52. The van der Waals surface area contributed by atoms with E-state index in [1.54, 1.807) is 5.01 Å². The Balaban J connectivity index is 1.10. The highest BCUT2D eigenvalue weighted by atomic mass is 32.2. The van der Waals surface area contributed by atoms with Crippen molar-refractivity contribution in [1.29, 1.82) is 0 Å². The Morgan fingerprint density at radius 3 is 2.47 bits per heavy atom. The van der Waals surface area contributed by atoms with Crippen LogP contribution in [0.3, 0.4) is 0 Å². The van der Waals surface area contributed by atoms with Crippen LogP contribution in [0.4, 0.5) is 0 Å². The highest BCUT2D eigenvalue weighted by molar-refractivity contribution is 7.99. The largest absolute Gasteiger partial charge is 0.415 e. The molecule has 1 amide bonds. The SMILES string of the molecule is O=C(CSc1nnc(C23CC4CC(CC(C4)C2)C3)o1)N1CCC(c2ccccc2)=N1. The van der Waals surface area contributed by atoms with Crippen molar-refractivity contribution in [2.45, 2.75) is 55.6 Å². The second kappa shape index (κ2) is 7.22. The molecule has 0 unspecified atom stereocenters. The summed E-state index contributed by atoms with van der Waals surface area (Å²) in [6, 6.07) is 10.0. The van der Waals surface area contributed by atoms with E-state index in [2.05, 4.69) is 15.3 Å². The molecule has 2 heterocycles. The minimum absolute atomic E-state index is 0.0134. The van der Waals surface area contributed by atoms with Gasteiger partial charge in [0.2, 0.25) is 5.89 Å². The first kappa shape index (κ1) is 18.6. The monoisotopic (exact) mass is 422 g/mol. The topological polar surface area (TPSA) is 71.6 Å². The molecule has 0 radical (unpaired) electrons. The van der Waals surface area contributed by atoms with Gasteiger partial charge in [-0.05, 0) is 61.8 Å². The van der Waals surface area contributed by atoms with E-state index in [-0.39, 0.29) is 17.1 Å². The van der Waals surface area contributed by atoms with Gasteiger partial charge < -0.3 is 4.42 Å². The molecular formula is C23H26N4O2S. The van der Waals surface area contributed by atoms with Gasteiger partial charge in [0, 0.05) is 11.8 Å². The first-order chi connectivity index (χ1) is 14.7. The zero-order valence-corrected chi connectivity index (χ0v) is 17.8. The molecule has 30 heavy (non-hydrogen) atoms. The molecule has 4 saturated carbocycles. The van der Waals surface area contributed by atoms with E-state index in [0.29, 0.717) is 11.8 Å². The Labute approximate surface area is 180 Å². The van der Waals surface area contributed by atoms with Crippen LogP contribution in [0.1, 0.15) is 56.4 Å². The molecule has 4 bridgehead atoms. The quantitative estimate of drug-likeness (QED) is 0.673. The van der Waals surface area contributed by atoms with E-state index in [9.17, 15) is 4.79 Å². The van der Waals surface area contributed by atoms with E-state index in [1.165, 1.54) is 50.3 Å². The van der Waals surface area contributed by atoms with Gasteiger partial charge in [-0.2, -0.15) is 5.10 Å². The molecule has 4 fully saturated rings. The van der Waals surface area contributed by atoms with Crippen LogP contribution >= 0.6 is 11.8 Å². The molecule has 0 spiro atoms. The van der Waals surface area contributed by atoms with E-state index >= 15 is 0 Å². The van der Waals surface area contributed by atoms with E-state index in [0.717, 1.165) is 41.3 Å². The minimum atomic E-state index is -0.0134. The third-order valence-corrected chi connectivity index (χ3v) is 8.22. The first-order valence-corrected chi connectivity index (χ1v) is 12.1. The lowest BCUT2D eigenvalue weighted by Crippen LogP contribution is -2.48. The maximum atomic E-state index is 12.6. The van der Waals surface area contributed by atoms with Crippen LogP contribution in [0.5, 0.6) is 0 Å². The number of thioether (sulfide) groups is 1. The summed E-state index contributed by atoms with van der Waals surface area (Å²) in [5, 5.41) is 15.3. The smallest absolute Gasteiger partial charge is 0.277 e. The fraction of sp³-hybridized carbons (Fsp3) is 0.565. The van der Waals surface area contributed by atoms with Crippen molar-refractivity contribution in [2.75, 3.05) is 12.3 Å². The van der Waals surface area contributed by atoms with Crippen molar-refractivity contribution >= 4 is 23.4 Å². The maximum absolute atomic E-state index is 12.6. The van der Waals surface area contributed by atoms with Gasteiger partial charge in [0.05, 0.1) is 18.0 Å². The molecule has 7 heteroatoms. The Hall–Kier alpha value is -2.15. The number of benzene rings is 1. The minimum Gasteiger partial charge on any atom is -0.415 e. The molecule has 0 saturated heterocycles. The Kier molecular flexibility index (Phi) is 4.48. The Morgan fingerprint density at radius 2 is 1.77 bits per heavy atom. The van der Waals surface area contributed by atoms with Crippen LogP contribution in [-0.4, -0.2) is 39.1 Å². The van der Waals surface area contributed by atoms with Crippen molar-refractivity contribution in [1.82, 2.24) is 15.2 Å². The number of rotatable bonds is 5. The highest BCUT2D eigenvalue weighted by Crippen LogP contribution is 2.60. The number of aromatic nitrogens is 2. The van der Waals surface area contributed by atoms with Crippen molar-refractivity contribution < 1.29 is 9.21 Å². The van der Waals surface area contributed by atoms with Crippen LogP contribution in [0.2, 0.25) is 0 Å². The van der Waals surface area contributed by atoms with Crippen molar-refractivity contribution in [3.8, 4) is 0 Å². The number of nitrogens with zero attached hydrogens (tertiary/aromatic N) is 4. The number of carbonyl (C=O) groups excluding carboxylic acids is 1. The summed E-state index contributed by atoms with van der Waals surface area (Å²) in [4.78, 5) is 12.6. The molecule has 5 aliphatic rings. The molecule has 0 atom stereocenters. The molecule has 1 aromatic carbocycles. The van der Waals surface area contributed by atoms with Gasteiger partial charge in [0.15, 0.2) is 0 Å². The molecule has 7 rings (SSSR count). The molecular weight excluding hydrogens is 396 g/mol. The molecule has 4 aliphatic carbocycles. The molecule has 2 aromatic rings.